The molecular weight excluding hydrogens is 433 g/mol. The Labute approximate surface area is 182 Å². The first-order valence-electron chi connectivity index (χ1n) is 9.70. The second-order valence-electron chi connectivity index (χ2n) is 7.00. The average molecular weight is 455 g/mol. The third-order valence-corrected chi connectivity index (χ3v) is 4.92. The van der Waals surface area contributed by atoms with Gasteiger partial charge in [-0.1, -0.05) is 24.9 Å². The Hall–Kier alpha value is -2.78. The predicted molar refractivity (Wildman–Crippen MR) is 114 cm³/mol. The van der Waals surface area contributed by atoms with Crippen molar-refractivity contribution in [2.45, 2.75) is 38.4 Å². The number of hydrogen-bond donors (Lipinski definition) is 3. The Morgan fingerprint density at radius 3 is 2.58 bits per heavy atom. The number of aliphatic hydroxyl groups is 1. The number of aliphatic hydroxyl groups excluding tert-OH is 1. The van der Waals surface area contributed by atoms with E-state index in [1.807, 2.05) is 6.92 Å². The first-order valence-corrected chi connectivity index (χ1v) is 10.1. The van der Waals surface area contributed by atoms with Crippen LogP contribution in [0.15, 0.2) is 36.4 Å². The molecule has 1 atom stereocenters. The highest BCUT2D eigenvalue weighted by Gasteiger charge is 2.31. The minimum absolute atomic E-state index is 0.0126. The standard InChI is InChI=1S/C21H22ClF3N4O2/c1-2-3-13(8-9-30)27-19-15-11-14(5-6-17(15)28-20(26)29-19)31-18-7-4-12(10-16(18)22)21(23,24)25/h4-7,10-11,13,30H,2-3,8-9H2,1H3,(H3,26,27,28,29)/t13-/m1/s1. The number of anilines is 2. The minimum atomic E-state index is -4.49. The number of rotatable bonds is 8. The Balaban J connectivity index is 1.94. The van der Waals surface area contributed by atoms with Crippen LogP contribution in [0.2, 0.25) is 5.02 Å². The molecule has 166 valence electrons. The fourth-order valence-electron chi connectivity index (χ4n) is 3.17. The van der Waals surface area contributed by atoms with Crippen molar-refractivity contribution in [1.82, 2.24) is 9.97 Å². The molecule has 10 heteroatoms. The third-order valence-electron chi connectivity index (χ3n) is 4.63. The summed E-state index contributed by atoms with van der Waals surface area (Å²) < 4.78 is 44.3. The lowest BCUT2D eigenvalue weighted by molar-refractivity contribution is -0.137. The van der Waals surface area contributed by atoms with E-state index < -0.39 is 11.7 Å². The first-order chi connectivity index (χ1) is 14.7. The molecule has 3 rings (SSSR count). The highest BCUT2D eigenvalue weighted by Crippen LogP contribution is 2.37. The average Bonchev–Trinajstić information content (AvgIpc) is 2.69. The zero-order valence-electron chi connectivity index (χ0n) is 16.7. The van der Waals surface area contributed by atoms with E-state index in [4.69, 9.17) is 22.1 Å². The number of hydrogen-bond acceptors (Lipinski definition) is 6. The molecule has 0 fully saturated rings. The molecule has 0 saturated heterocycles. The van der Waals surface area contributed by atoms with Gasteiger partial charge in [0, 0.05) is 18.0 Å². The summed E-state index contributed by atoms with van der Waals surface area (Å²) in [6, 6.07) is 7.83. The van der Waals surface area contributed by atoms with E-state index in [0.29, 0.717) is 28.9 Å². The van der Waals surface area contributed by atoms with E-state index in [1.54, 1.807) is 18.2 Å². The lowest BCUT2D eigenvalue weighted by atomic mass is 10.1. The summed E-state index contributed by atoms with van der Waals surface area (Å²) in [5.74, 6) is 1.01. The van der Waals surface area contributed by atoms with Crippen molar-refractivity contribution < 1.29 is 23.0 Å². The molecule has 2 aromatic carbocycles. The molecule has 0 aliphatic carbocycles. The summed E-state index contributed by atoms with van der Waals surface area (Å²) in [6.45, 7) is 2.06. The number of fused-ring (bicyclic) bond motifs is 1. The maximum Gasteiger partial charge on any atom is 0.416 e. The van der Waals surface area contributed by atoms with Crippen LogP contribution in [-0.4, -0.2) is 27.7 Å². The van der Waals surface area contributed by atoms with Crippen LogP contribution in [0.1, 0.15) is 31.7 Å². The van der Waals surface area contributed by atoms with Gasteiger partial charge in [-0.25, -0.2) is 4.98 Å². The van der Waals surface area contributed by atoms with Crippen LogP contribution >= 0.6 is 11.6 Å². The van der Waals surface area contributed by atoms with Gasteiger partial charge < -0.3 is 20.9 Å². The maximum atomic E-state index is 12.8. The lowest BCUT2D eigenvalue weighted by Crippen LogP contribution is -2.22. The zero-order valence-corrected chi connectivity index (χ0v) is 17.5. The smallest absolute Gasteiger partial charge is 0.416 e. The SMILES string of the molecule is CCC[C@H](CCO)Nc1nc(N)nc2ccc(Oc3ccc(C(F)(F)F)cc3Cl)cc12. The molecular formula is C21H22ClF3N4O2. The number of aromatic nitrogens is 2. The number of ether oxygens (including phenoxy) is 1. The number of nitrogens with zero attached hydrogens (tertiary/aromatic N) is 2. The molecule has 3 aromatic rings. The van der Waals surface area contributed by atoms with Crippen molar-refractivity contribution in [2.24, 2.45) is 0 Å². The van der Waals surface area contributed by atoms with Crippen LogP contribution in [0, 0.1) is 0 Å². The number of nitrogens with two attached hydrogens (primary N) is 1. The van der Waals surface area contributed by atoms with Gasteiger partial charge in [0.15, 0.2) is 0 Å². The summed E-state index contributed by atoms with van der Waals surface area (Å²) in [6.07, 6.45) is -2.22. The fourth-order valence-corrected chi connectivity index (χ4v) is 3.39. The van der Waals surface area contributed by atoms with Gasteiger partial charge >= 0.3 is 6.18 Å². The number of halogens is 4. The van der Waals surface area contributed by atoms with Crippen molar-refractivity contribution in [3.63, 3.8) is 0 Å². The first kappa shape index (κ1) is 22.9. The lowest BCUT2D eigenvalue weighted by Gasteiger charge is -2.19. The number of nitrogens with one attached hydrogen (secondary N) is 1. The van der Waals surface area contributed by atoms with Gasteiger partial charge in [-0.2, -0.15) is 18.2 Å². The quantitative estimate of drug-likeness (QED) is 0.408. The van der Waals surface area contributed by atoms with Crippen molar-refractivity contribution in [1.29, 1.82) is 0 Å². The van der Waals surface area contributed by atoms with Gasteiger partial charge in [-0.05, 0) is 49.2 Å². The van der Waals surface area contributed by atoms with Crippen LogP contribution < -0.4 is 15.8 Å². The molecule has 0 bridgehead atoms. The van der Waals surface area contributed by atoms with Gasteiger partial charge in [0.1, 0.15) is 17.3 Å². The van der Waals surface area contributed by atoms with Gasteiger partial charge in [0.2, 0.25) is 5.95 Å². The van der Waals surface area contributed by atoms with Crippen molar-refractivity contribution in [3.8, 4) is 11.5 Å². The third kappa shape index (κ3) is 5.68. The van der Waals surface area contributed by atoms with Gasteiger partial charge in [0.05, 0.1) is 16.1 Å². The predicted octanol–water partition coefficient (Wildman–Crippen LogP) is 5.64. The van der Waals surface area contributed by atoms with Crippen molar-refractivity contribution >= 4 is 34.3 Å². The zero-order chi connectivity index (χ0) is 22.6. The summed E-state index contributed by atoms with van der Waals surface area (Å²) in [4.78, 5) is 8.49. The Bertz CT molecular complexity index is 1060. The van der Waals surface area contributed by atoms with Crippen LogP contribution in [-0.2, 0) is 6.18 Å². The van der Waals surface area contributed by atoms with Crippen LogP contribution in [0.25, 0.3) is 10.9 Å². The van der Waals surface area contributed by atoms with E-state index in [2.05, 4.69) is 15.3 Å². The molecule has 31 heavy (non-hydrogen) atoms. The van der Waals surface area contributed by atoms with Crippen LogP contribution in [0.4, 0.5) is 24.9 Å². The molecule has 4 N–H and O–H groups in total. The van der Waals surface area contributed by atoms with Crippen molar-refractivity contribution in [2.75, 3.05) is 17.7 Å². The van der Waals surface area contributed by atoms with E-state index in [9.17, 15) is 18.3 Å². The van der Waals surface area contributed by atoms with Gasteiger partial charge in [-0.15, -0.1) is 0 Å². The minimum Gasteiger partial charge on any atom is -0.456 e. The molecule has 0 amide bonds. The number of benzene rings is 2. The van der Waals surface area contributed by atoms with E-state index in [0.717, 1.165) is 25.0 Å². The number of alkyl halides is 3. The molecule has 1 aromatic heterocycles. The largest absolute Gasteiger partial charge is 0.456 e. The topological polar surface area (TPSA) is 93.3 Å². The monoisotopic (exact) mass is 454 g/mol. The molecule has 0 saturated carbocycles. The van der Waals surface area contributed by atoms with E-state index in [1.165, 1.54) is 6.07 Å². The van der Waals surface area contributed by atoms with Crippen LogP contribution in [0.3, 0.4) is 0 Å². The molecule has 0 unspecified atom stereocenters. The fraction of sp³-hybridized carbons (Fsp3) is 0.333. The molecule has 0 radical (unpaired) electrons. The highest BCUT2D eigenvalue weighted by atomic mass is 35.5. The normalized spacial score (nSPS) is 12.7. The molecule has 0 aliphatic heterocycles. The molecule has 0 aliphatic rings. The molecule has 0 spiro atoms. The summed E-state index contributed by atoms with van der Waals surface area (Å²) in [5, 5.41) is 13.1. The molecule has 1 heterocycles. The Morgan fingerprint density at radius 1 is 1.16 bits per heavy atom. The maximum absolute atomic E-state index is 12.8. The summed E-state index contributed by atoms with van der Waals surface area (Å²) >= 11 is 5.99. The second kappa shape index (κ2) is 9.57. The second-order valence-corrected chi connectivity index (χ2v) is 7.40. The van der Waals surface area contributed by atoms with Crippen molar-refractivity contribution in [3.05, 3.63) is 47.0 Å². The van der Waals surface area contributed by atoms with Gasteiger partial charge in [-0.3, -0.25) is 0 Å². The van der Waals surface area contributed by atoms with Gasteiger partial charge in [0.25, 0.3) is 0 Å². The summed E-state index contributed by atoms with van der Waals surface area (Å²) in [5.41, 5.74) is 5.54. The highest BCUT2D eigenvalue weighted by molar-refractivity contribution is 6.32. The Kier molecular flexibility index (Phi) is 7.07. The Morgan fingerprint density at radius 2 is 1.94 bits per heavy atom. The van der Waals surface area contributed by atoms with Crippen LogP contribution in [0.5, 0.6) is 11.5 Å². The van der Waals surface area contributed by atoms with E-state index in [-0.39, 0.29) is 29.4 Å². The summed E-state index contributed by atoms with van der Waals surface area (Å²) in [7, 11) is 0. The number of nitrogen functional groups attached to an aromatic ring is 1. The van der Waals surface area contributed by atoms with E-state index >= 15 is 0 Å². The molecule has 6 nitrogen and oxygen atoms in total.